The first-order valence-electron chi connectivity index (χ1n) is 9.95. The Hall–Kier alpha value is -3.32. The molecule has 0 aliphatic rings. The van der Waals surface area contributed by atoms with Crippen LogP contribution in [-0.2, 0) is 10.0 Å². The van der Waals surface area contributed by atoms with E-state index in [0.717, 1.165) is 12.0 Å². The number of benzene rings is 3. The molecule has 0 heterocycles. The van der Waals surface area contributed by atoms with E-state index < -0.39 is 10.0 Å². The van der Waals surface area contributed by atoms with Crippen LogP contribution >= 0.6 is 0 Å². The maximum absolute atomic E-state index is 13.0. The van der Waals surface area contributed by atoms with Gasteiger partial charge in [-0.05, 0) is 54.4 Å². The number of nitrogens with one attached hydrogen (secondary N) is 1. The summed E-state index contributed by atoms with van der Waals surface area (Å²) < 4.78 is 32.3. The van der Waals surface area contributed by atoms with Gasteiger partial charge < -0.3 is 10.1 Å². The van der Waals surface area contributed by atoms with Crippen molar-refractivity contribution in [2.45, 2.75) is 24.3 Å². The van der Waals surface area contributed by atoms with Crippen LogP contribution in [0.2, 0.25) is 0 Å². The molecule has 0 radical (unpaired) electrons. The molecular weight excluding hydrogens is 412 g/mol. The number of rotatable bonds is 8. The number of hydrogen-bond acceptors (Lipinski definition) is 4. The molecule has 7 heteroatoms. The number of sulfonamides is 1. The fourth-order valence-corrected chi connectivity index (χ4v) is 4.42. The standard InChI is InChI=1S/C24H26N2O4S/c1-4-23(18-9-6-5-7-10-18)25-24(27)19-11-8-12-20(17-19)26(2)31(28,29)22-15-13-21(30-3)14-16-22/h5-17,23H,4H2,1-3H3,(H,25,27)/t23-/m1/s1. The van der Waals surface area contributed by atoms with E-state index in [1.165, 1.54) is 30.6 Å². The summed E-state index contributed by atoms with van der Waals surface area (Å²) in [5.74, 6) is 0.317. The third kappa shape index (κ3) is 5.06. The van der Waals surface area contributed by atoms with Crippen molar-refractivity contribution in [3.05, 3.63) is 90.0 Å². The number of hydrogen-bond donors (Lipinski definition) is 1. The number of nitrogens with zero attached hydrogens (tertiary/aromatic N) is 1. The van der Waals surface area contributed by atoms with Crippen molar-refractivity contribution in [2.75, 3.05) is 18.5 Å². The van der Waals surface area contributed by atoms with Gasteiger partial charge in [-0.25, -0.2) is 8.42 Å². The van der Waals surface area contributed by atoms with E-state index in [0.29, 0.717) is 17.0 Å². The lowest BCUT2D eigenvalue weighted by molar-refractivity contribution is 0.0935. The van der Waals surface area contributed by atoms with Gasteiger partial charge in [0.25, 0.3) is 15.9 Å². The molecule has 31 heavy (non-hydrogen) atoms. The average Bonchev–Trinajstić information content (AvgIpc) is 2.82. The van der Waals surface area contributed by atoms with Crippen LogP contribution in [0.5, 0.6) is 5.75 Å². The molecule has 0 aromatic heterocycles. The topological polar surface area (TPSA) is 75.7 Å². The SMILES string of the molecule is CC[C@@H](NC(=O)c1cccc(N(C)S(=O)(=O)c2ccc(OC)cc2)c1)c1ccccc1. The second-order valence-electron chi connectivity index (χ2n) is 7.04. The van der Waals surface area contributed by atoms with Crippen molar-refractivity contribution in [1.29, 1.82) is 0 Å². The number of carbonyl (C=O) groups is 1. The molecule has 0 unspecified atom stereocenters. The Kier molecular flexibility index (Phi) is 6.97. The van der Waals surface area contributed by atoms with Gasteiger partial charge in [-0.1, -0.05) is 43.3 Å². The summed E-state index contributed by atoms with van der Waals surface area (Å²) in [4.78, 5) is 13.0. The molecule has 1 atom stereocenters. The van der Waals surface area contributed by atoms with Crippen LogP contribution in [0.1, 0.15) is 35.3 Å². The highest BCUT2D eigenvalue weighted by Gasteiger charge is 2.22. The van der Waals surface area contributed by atoms with Crippen molar-refractivity contribution in [3.63, 3.8) is 0 Å². The Morgan fingerprint density at radius 1 is 1.00 bits per heavy atom. The molecule has 0 aliphatic heterocycles. The van der Waals surface area contributed by atoms with Crippen LogP contribution < -0.4 is 14.4 Å². The number of amides is 1. The zero-order valence-electron chi connectivity index (χ0n) is 17.8. The maximum Gasteiger partial charge on any atom is 0.264 e. The monoisotopic (exact) mass is 438 g/mol. The Labute approximate surface area is 183 Å². The van der Waals surface area contributed by atoms with Crippen LogP contribution in [0.3, 0.4) is 0 Å². The van der Waals surface area contributed by atoms with Crippen LogP contribution in [0, 0.1) is 0 Å². The van der Waals surface area contributed by atoms with Gasteiger partial charge in [0.05, 0.1) is 23.7 Å². The van der Waals surface area contributed by atoms with E-state index in [-0.39, 0.29) is 16.8 Å². The van der Waals surface area contributed by atoms with Gasteiger partial charge in [0.15, 0.2) is 0 Å². The van der Waals surface area contributed by atoms with E-state index in [1.54, 1.807) is 36.4 Å². The van der Waals surface area contributed by atoms with Gasteiger partial charge in [0, 0.05) is 12.6 Å². The zero-order chi connectivity index (χ0) is 22.4. The smallest absolute Gasteiger partial charge is 0.264 e. The molecule has 1 N–H and O–H groups in total. The largest absolute Gasteiger partial charge is 0.497 e. The normalized spacial score (nSPS) is 12.1. The maximum atomic E-state index is 13.0. The Morgan fingerprint density at radius 3 is 2.29 bits per heavy atom. The molecule has 0 spiro atoms. The molecule has 0 saturated heterocycles. The van der Waals surface area contributed by atoms with Crippen LogP contribution in [-0.4, -0.2) is 28.5 Å². The second-order valence-corrected chi connectivity index (χ2v) is 9.01. The van der Waals surface area contributed by atoms with Crippen molar-refractivity contribution in [2.24, 2.45) is 0 Å². The molecule has 1 amide bonds. The molecule has 3 rings (SSSR count). The van der Waals surface area contributed by atoms with Crippen molar-refractivity contribution in [3.8, 4) is 5.75 Å². The van der Waals surface area contributed by atoms with Gasteiger partial charge in [0.2, 0.25) is 0 Å². The first-order chi connectivity index (χ1) is 14.9. The van der Waals surface area contributed by atoms with Crippen LogP contribution in [0.4, 0.5) is 5.69 Å². The molecule has 3 aromatic rings. The molecule has 162 valence electrons. The summed E-state index contributed by atoms with van der Waals surface area (Å²) in [6.45, 7) is 2.00. The summed E-state index contributed by atoms with van der Waals surface area (Å²) in [5, 5.41) is 3.03. The zero-order valence-corrected chi connectivity index (χ0v) is 18.6. The van der Waals surface area contributed by atoms with E-state index in [1.807, 2.05) is 37.3 Å². The predicted molar refractivity (Wildman–Crippen MR) is 122 cm³/mol. The van der Waals surface area contributed by atoms with E-state index in [2.05, 4.69) is 5.32 Å². The van der Waals surface area contributed by atoms with Crippen molar-refractivity contribution < 1.29 is 17.9 Å². The molecular formula is C24H26N2O4S. The van der Waals surface area contributed by atoms with Gasteiger partial charge >= 0.3 is 0 Å². The van der Waals surface area contributed by atoms with Gasteiger partial charge in [0.1, 0.15) is 5.75 Å². The molecule has 0 fully saturated rings. The number of methoxy groups -OCH3 is 1. The molecule has 0 saturated carbocycles. The minimum absolute atomic E-state index is 0.127. The van der Waals surface area contributed by atoms with Crippen molar-refractivity contribution >= 4 is 21.6 Å². The number of ether oxygens (including phenoxy) is 1. The predicted octanol–water partition coefficient (Wildman–Crippen LogP) is 4.40. The highest BCUT2D eigenvalue weighted by Crippen LogP contribution is 2.25. The van der Waals surface area contributed by atoms with Crippen LogP contribution in [0.15, 0.2) is 83.8 Å². The quantitative estimate of drug-likeness (QED) is 0.566. The second kappa shape index (κ2) is 9.66. The first kappa shape index (κ1) is 22.4. The lowest BCUT2D eigenvalue weighted by atomic mass is 10.0. The average molecular weight is 439 g/mol. The first-order valence-corrected chi connectivity index (χ1v) is 11.4. The van der Waals surface area contributed by atoms with Gasteiger partial charge in [-0.2, -0.15) is 0 Å². The van der Waals surface area contributed by atoms with E-state index in [9.17, 15) is 13.2 Å². The molecule has 6 nitrogen and oxygen atoms in total. The Morgan fingerprint density at radius 2 is 1.68 bits per heavy atom. The third-order valence-electron chi connectivity index (χ3n) is 5.11. The number of anilines is 1. The lowest BCUT2D eigenvalue weighted by Crippen LogP contribution is -2.29. The highest BCUT2D eigenvalue weighted by molar-refractivity contribution is 7.92. The molecule has 3 aromatic carbocycles. The fraction of sp³-hybridized carbons (Fsp3) is 0.208. The summed E-state index contributed by atoms with van der Waals surface area (Å²) in [5.41, 5.74) is 1.81. The minimum atomic E-state index is -3.78. The van der Waals surface area contributed by atoms with E-state index in [4.69, 9.17) is 4.74 Å². The lowest BCUT2D eigenvalue weighted by Gasteiger charge is -2.21. The minimum Gasteiger partial charge on any atom is -0.497 e. The summed E-state index contributed by atoms with van der Waals surface area (Å²) >= 11 is 0. The van der Waals surface area contributed by atoms with Crippen molar-refractivity contribution in [1.82, 2.24) is 5.32 Å². The van der Waals surface area contributed by atoms with Gasteiger partial charge in [-0.3, -0.25) is 9.10 Å². The summed E-state index contributed by atoms with van der Waals surface area (Å²) in [6.07, 6.45) is 0.737. The molecule has 0 aliphatic carbocycles. The third-order valence-corrected chi connectivity index (χ3v) is 6.91. The summed E-state index contributed by atoms with van der Waals surface area (Å²) in [7, 11) is -0.796. The Bertz CT molecular complexity index is 1130. The summed E-state index contributed by atoms with van der Waals surface area (Å²) in [6, 6.07) is 22.4. The number of carbonyl (C=O) groups excluding carboxylic acids is 1. The molecule has 0 bridgehead atoms. The van der Waals surface area contributed by atoms with Crippen LogP contribution in [0.25, 0.3) is 0 Å². The van der Waals surface area contributed by atoms with Gasteiger partial charge in [-0.15, -0.1) is 0 Å². The highest BCUT2D eigenvalue weighted by atomic mass is 32.2. The Balaban J connectivity index is 1.82. The fourth-order valence-electron chi connectivity index (χ4n) is 3.24. The van der Waals surface area contributed by atoms with E-state index >= 15 is 0 Å².